The highest BCUT2D eigenvalue weighted by molar-refractivity contribution is 6.06. The number of carbonyl (C=O) groups excluding carboxylic acids is 1. The van der Waals surface area contributed by atoms with Crippen molar-refractivity contribution < 1.29 is 14.6 Å². The molecule has 0 spiro atoms. The van der Waals surface area contributed by atoms with Crippen molar-refractivity contribution in [2.24, 2.45) is 0 Å². The smallest absolute Gasteiger partial charge is 0.185 e. The van der Waals surface area contributed by atoms with Gasteiger partial charge >= 0.3 is 0 Å². The standard InChI is InChI=1S/C20H22O3/c1-2-3-4-15-23-19-12-5-16(6-13-19)7-14-20(22)17-8-10-18(21)11-9-17/h5-14,21H,2-4,15H2,1H3/b14-7+. The summed E-state index contributed by atoms with van der Waals surface area (Å²) in [5.74, 6) is 0.910. The Balaban J connectivity index is 1.89. The van der Waals surface area contributed by atoms with Gasteiger partial charge in [0.2, 0.25) is 0 Å². The highest BCUT2D eigenvalue weighted by Gasteiger charge is 2.01. The first-order chi connectivity index (χ1) is 11.2. The molecule has 3 heteroatoms. The van der Waals surface area contributed by atoms with E-state index in [0.717, 1.165) is 24.3 Å². The van der Waals surface area contributed by atoms with Gasteiger partial charge < -0.3 is 9.84 Å². The van der Waals surface area contributed by atoms with Crippen molar-refractivity contribution in [3.63, 3.8) is 0 Å². The third-order valence-corrected chi connectivity index (χ3v) is 3.48. The Morgan fingerprint density at radius 3 is 2.39 bits per heavy atom. The summed E-state index contributed by atoms with van der Waals surface area (Å²) >= 11 is 0. The Morgan fingerprint density at radius 1 is 1.04 bits per heavy atom. The van der Waals surface area contributed by atoms with Crippen LogP contribution in [0.4, 0.5) is 0 Å². The van der Waals surface area contributed by atoms with E-state index in [9.17, 15) is 9.90 Å². The number of ketones is 1. The number of hydrogen-bond donors (Lipinski definition) is 1. The third-order valence-electron chi connectivity index (χ3n) is 3.48. The summed E-state index contributed by atoms with van der Waals surface area (Å²) in [5, 5.41) is 9.22. The molecule has 2 aromatic carbocycles. The SMILES string of the molecule is CCCCCOc1ccc(/C=C/C(=O)c2ccc(O)cc2)cc1. The Bertz CT molecular complexity index is 640. The van der Waals surface area contributed by atoms with Gasteiger partial charge in [0.25, 0.3) is 0 Å². The molecule has 0 bridgehead atoms. The Labute approximate surface area is 137 Å². The zero-order valence-electron chi connectivity index (χ0n) is 13.4. The largest absolute Gasteiger partial charge is 0.508 e. The monoisotopic (exact) mass is 310 g/mol. The molecule has 0 radical (unpaired) electrons. The van der Waals surface area contributed by atoms with E-state index in [1.165, 1.54) is 31.1 Å². The van der Waals surface area contributed by atoms with Crippen molar-refractivity contribution in [3.05, 3.63) is 65.7 Å². The van der Waals surface area contributed by atoms with Crippen LogP contribution >= 0.6 is 0 Å². The van der Waals surface area contributed by atoms with Crippen LogP contribution in [0.1, 0.15) is 42.1 Å². The average molecular weight is 310 g/mol. The first-order valence-corrected chi connectivity index (χ1v) is 7.93. The van der Waals surface area contributed by atoms with Crippen LogP contribution in [0, 0.1) is 0 Å². The van der Waals surface area contributed by atoms with Crippen LogP contribution in [0.15, 0.2) is 54.6 Å². The molecular formula is C20H22O3. The minimum atomic E-state index is -0.0927. The minimum absolute atomic E-state index is 0.0927. The molecular weight excluding hydrogens is 288 g/mol. The van der Waals surface area contributed by atoms with Gasteiger partial charge in [0.1, 0.15) is 11.5 Å². The topological polar surface area (TPSA) is 46.5 Å². The molecule has 0 saturated heterocycles. The molecule has 23 heavy (non-hydrogen) atoms. The van der Waals surface area contributed by atoms with E-state index >= 15 is 0 Å². The first kappa shape index (κ1) is 16.8. The van der Waals surface area contributed by atoms with Crippen molar-refractivity contribution in [1.82, 2.24) is 0 Å². The Hall–Kier alpha value is -2.55. The van der Waals surface area contributed by atoms with E-state index in [-0.39, 0.29) is 11.5 Å². The van der Waals surface area contributed by atoms with E-state index in [4.69, 9.17) is 4.74 Å². The molecule has 0 heterocycles. The van der Waals surface area contributed by atoms with Gasteiger partial charge in [-0.05, 0) is 54.5 Å². The molecule has 0 aliphatic heterocycles. The second kappa shape index (κ2) is 8.79. The zero-order valence-corrected chi connectivity index (χ0v) is 13.4. The van der Waals surface area contributed by atoms with Gasteiger partial charge in [0, 0.05) is 5.56 Å². The third kappa shape index (κ3) is 5.62. The summed E-state index contributed by atoms with van der Waals surface area (Å²) in [7, 11) is 0. The number of unbranched alkanes of at least 4 members (excludes halogenated alkanes) is 2. The van der Waals surface area contributed by atoms with Gasteiger partial charge in [0.05, 0.1) is 6.61 Å². The fourth-order valence-corrected chi connectivity index (χ4v) is 2.11. The average Bonchev–Trinajstić information content (AvgIpc) is 2.58. The Morgan fingerprint density at radius 2 is 1.74 bits per heavy atom. The number of hydrogen-bond acceptors (Lipinski definition) is 3. The van der Waals surface area contributed by atoms with Crippen LogP contribution < -0.4 is 4.74 Å². The quantitative estimate of drug-likeness (QED) is 0.430. The molecule has 0 fully saturated rings. The lowest BCUT2D eigenvalue weighted by atomic mass is 10.1. The first-order valence-electron chi connectivity index (χ1n) is 7.93. The maximum Gasteiger partial charge on any atom is 0.185 e. The van der Waals surface area contributed by atoms with Gasteiger partial charge in [-0.3, -0.25) is 4.79 Å². The number of aromatic hydroxyl groups is 1. The predicted octanol–water partition coefficient (Wildman–Crippen LogP) is 4.86. The summed E-state index contributed by atoms with van der Waals surface area (Å²) in [6, 6.07) is 13.9. The van der Waals surface area contributed by atoms with Crippen molar-refractivity contribution in [1.29, 1.82) is 0 Å². The highest BCUT2D eigenvalue weighted by Crippen LogP contribution is 2.15. The number of allylic oxidation sites excluding steroid dienone is 1. The molecule has 0 amide bonds. The molecule has 0 saturated carbocycles. The number of benzene rings is 2. The van der Waals surface area contributed by atoms with Gasteiger partial charge in [-0.15, -0.1) is 0 Å². The van der Waals surface area contributed by atoms with Gasteiger partial charge in [-0.2, -0.15) is 0 Å². The van der Waals surface area contributed by atoms with Crippen molar-refractivity contribution in [2.45, 2.75) is 26.2 Å². The van der Waals surface area contributed by atoms with Crippen molar-refractivity contribution in [3.8, 4) is 11.5 Å². The fourth-order valence-electron chi connectivity index (χ4n) is 2.11. The molecule has 3 nitrogen and oxygen atoms in total. The lowest BCUT2D eigenvalue weighted by Gasteiger charge is -2.05. The van der Waals surface area contributed by atoms with E-state index in [0.29, 0.717) is 5.56 Å². The summed E-state index contributed by atoms with van der Waals surface area (Å²) in [6.07, 6.45) is 6.74. The summed E-state index contributed by atoms with van der Waals surface area (Å²) in [4.78, 5) is 12.0. The second-order valence-corrected chi connectivity index (χ2v) is 5.37. The van der Waals surface area contributed by atoms with E-state index in [1.807, 2.05) is 24.3 Å². The molecule has 0 unspecified atom stereocenters. The van der Waals surface area contributed by atoms with E-state index in [1.54, 1.807) is 18.2 Å². The van der Waals surface area contributed by atoms with E-state index in [2.05, 4.69) is 6.92 Å². The molecule has 0 aliphatic rings. The second-order valence-electron chi connectivity index (χ2n) is 5.37. The maximum atomic E-state index is 12.0. The zero-order chi connectivity index (χ0) is 16.5. The summed E-state index contributed by atoms with van der Waals surface area (Å²) in [5.41, 5.74) is 1.49. The number of carbonyl (C=O) groups is 1. The van der Waals surface area contributed by atoms with Crippen LogP contribution in [-0.2, 0) is 0 Å². The number of phenols is 1. The molecule has 2 rings (SSSR count). The molecule has 0 aliphatic carbocycles. The highest BCUT2D eigenvalue weighted by atomic mass is 16.5. The van der Waals surface area contributed by atoms with Crippen molar-refractivity contribution in [2.75, 3.05) is 6.61 Å². The number of ether oxygens (including phenoxy) is 1. The van der Waals surface area contributed by atoms with Crippen LogP contribution in [0.2, 0.25) is 0 Å². The number of phenolic OH excluding ortho intramolecular Hbond substituents is 1. The summed E-state index contributed by atoms with van der Waals surface area (Å²) in [6.45, 7) is 2.91. The maximum absolute atomic E-state index is 12.0. The lowest BCUT2D eigenvalue weighted by molar-refractivity contribution is 0.104. The van der Waals surface area contributed by atoms with Gasteiger partial charge in [0.15, 0.2) is 5.78 Å². The van der Waals surface area contributed by atoms with Crippen LogP contribution in [0.5, 0.6) is 11.5 Å². The van der Waals surface area contributed by atoms with Crippen LogP contribution in [-0.4, -0.2) is 17.5 Å². The summed E-state index contributed by atoms with van der Waals surface area (Å²) < 4.78 is 5.65. The minimum Gasteiger partial charge on any atom is -0.508 e. The normalized spacial score (nSPS) is 10.8. The fraction of sp³-hybridized carbons (Fsp3) is 0.250. The molecule has 1 N–H and O–H groups in total. The van der Waals surface area contributed by atoms with Gasteiger partial charge in [-0.25, -0.2) is 0 Å². The molecule has 0 aromatic heterocycles. The Kier molecular flexibility index (Phi) is 6.42. The predicted molar refractivity (Wildman–Crippen MR) is 92.9 cm³/mol. The van der Waals surface area contributed by atoms with Crippen LogP contribution in [0.3, 0.4) is 0 Å². The van der Waals surface area contributed by atoms with Gasteiger partial charge in [-0.1, -0.05) is 38.0 Å². The molecule has 120 valence electrons. The number of rotatable bonds is 8. The molecule has 2 aromatic rings. The van der Waals surface area contributed by atoms with Crippen molar-refractivity contribution >= 4 is 11.9 Å². The lowest BCUT2D eigenvalue weighted by Crippen LogP contribution is -1.96. The molecule has 0 atom stereocenters. The van der Waals surface area contributed by atoms with Crippen LogP contribution in [0.25, 0.3) is 6.08 Å². The van der Waals surface area contributed by atoms with E-state index < -0.39 is 0 Å².